The summed E-state index contributed by atoms with van der Waals surface area (Å²) < 4.78 is 0. The van der Waals surface area contributed by atoms with E-state index in [0.29, 0.717) is 12.8 Å². The molecule has 3 saturated carbocycles. The summed E-state index contributed by atoms with van der Waals surface area (Å²) in [5.74, 6) is -0.590. The molecule has 0 aliphatic heterocycles. The van der Waals surface area contributed by atoms with E-state index in [9.17, 15) is 24.6 Å². The second kappa shape index (κ2) is 5.46. The summed E-state index contributed by atoms with van der Waals surface area (Å²) in [6.45, 7) is 3.19. The Morgan fingerprint density at radius 1 is 1.27 bits per heavy atom. The standard InChI is InChI=1S/C21H26O5/c1-19-7-5-13(23)9-12(19)3-4-14-15-6-8-21(26,17(25)11-22)20(15,2)10-16(24)18(14)19/h5,7,9,14-15,18,22,26H,3-4,6,8,10-11H2,1-2H3/t14-,15+,18-,19-,20-,21-/m0/s1. The number of carbonyl (C=O) groups excluding carboxylic acids is 3. The van der Waals surface area contributed by atoms with Gasteiger partial charge in [0.15, 0.2) is 11.6 Å². The molecule has 0 unspecified atom stereocenters. The Hall–Kier alpha value is -1.59. The minimum absolute atomic E-state index is 0.0206. The average Bonchev–Trinajstić information content (AvgIpc) is 2.86. The first kappa shape index (κ1) is 17.8. The van der Waals surface area contributed by atoms with Gasteiger partial charge >= 0.3 is 0 Å². The number of fused-ring (bicyclic) bond motifs is 5. The summed E-state index contributed by atoms with van der Waals surface area (Å²) in [6, 6.07) is 0. The van der Waals surface area contributed by atoms with Crippen molar-refractivity contribution in [1.29, 1.82) is 0 Å². The van der Waals surface area contributed by atoms with Crippen molar-refractivity contribution in [2.24, 2.45) is 28.6 Å². The zero-order chi connectivity index (χ0) is 18.9. The lowest BCUT2D eigenvalue weighted by Crippen LogP contribution is -2.60. The molecule has 0 aromatic heterocycles. The zero-order valence-electron chi connectivity index (χ0n) is 15.3. The van der Waals surface area contributed by atoms with Crippen LogP contribution in [-0.2, 0) is 14.4 Å². The molecule has 26 heavy (non-hydrogen) atoms. The number of aliphatic hydroxyl groups excluding tert-OH is 1. The number of allylic oxidation sites excluding steroid dienone is 4. The van der Waals surface area contributed by atoms with Gasteiger partial charge in [0.05, 0.1) is 0 Å². The van der Waals surface area contributed by atoms with Crippen molar-refractivity contribution in [3.05, 3.63) is 23.8 Å². The Morgan fingerprint density at radius 2 is 2.00 bits per heavy atom. The van der Waals surface area contributed by atoms with Crippen molar-refractivity contribution in [3.8, 4) is 0 Å². The highest BCUT2D eigenvalue weighted by Crippen LogP contribution is 2.66. The average molecular weight is 358 g/mol. The molecule has 5 nitrogen and oxygen atoms in total. The van der Waals surface area contributed by atoms with Crippen LogP contribution in [0.25, 0.3) is 0 Å². The molecule has 0 heterocycles. The lowest BCUT2D eigenvalue weighted by molar-refractivity contribution is -0.168. The van der Waals surface area contributed by atoms with Gasteiger partial charge < -0.3 is 10.2 Å². The topological polar surface area (TPSA) is 91.7 Å². The first-order valence-electron chi connectivity index (χ1n) is 9.51. The molecule has 0 amide bonds. The first-order valence-corrected chi connectivity index (χ1v) is 9.51. The van der Waals surface area contributed by atoms with Gasteiger partial charge in [0, 0.05) is 23.2 Å². The molecule has 0 bridgehead atoms. The van der Waals surface area contributed by atoms with Crippen LogP contribution >= 0.6 is 0 Å². The van der Waals surface area contributed by atoms with Crippen molar-refractivity contribution in [2.75, 3.05) is 6.61 Å². The largest absolute Gasteiger partial charge is 0.388 e. The van der Waals surface area contributed by atoms with Crippen molar-refractivity contribution in [2.45, 2.75) is 51.6 Å². The number of hydrogen-bond donors (Lipinski definition) is 2. The van der Waals surface area contributed by atoms with Crippen LogP contribution in [-0.4, -0.2) is 39.8 Å². The number of rotatable bonds is 2. The molecule has 0 aromatic carbocycles. The molecule has 6 atom stereocenters. The molecular weight excluding hydrogens is 332 g/mol. The van der Waals surface area contributed by atoms with E-state index in [2.05, 4.69) is 0 Å². The molecule has 3 fully saturated rings. The summed E-state index contributed by atoms with van der Waals surface area (Å²) in [5.41, 5.74) is -1.86. The lowest BCUT2D eigenvalue weighted by Gasteiger charge is -2.56. The number of aliphatic hydroxyl groups is 2. The molecule has 0 radical (unpaired) electrons. The molecule has 0 aromatic rings. The molecule has 4 aliphatic rings. The van der Waals surface area contributed by atoms with Gasteiger partial charge in [-0.3, -0.25) is 14.4 Å². The third-order valence-corrected chi connectivity index (χ3v) is 8.01. The Morgan fingerprint density at radius 3 is 2.69 bits per heavy atom. The Labute approximate surface area is 153 Å². The summed E-state index contributed by atoms with van der Waals surface area (Å²) >= 11 is 0. The molecule has 2 N–H and O–H groups in total. The fourth-order valence-corrected chi connectivity index (χ4v) is 6.62. The lowest BCUT2D eigenvalue weighted by atomic mass is 9.46. The minimum atomic E-state index is -1.62. The summed E-state index contributed by atoms with van der Waals surface area (Å²) in [5, 5.41) is 20.5. The van der Waals surface area contributed by atoms with Gasteiger partial charge in [-0.2, -0.15) is 0 Å². The van der Waals surface area contributed by atoms with Crippen molar-refractivity contribution in [1.82, 2.24) is 0 Å². The van der Waals surface area contributed by atoms with Crippen LogP contribution in [0.2, 0.25) is 0 Å². The highest BCUT2D eigenvalue weighted by Gasteiger charge is 2.68. The Balaban J connectivity index is 1.76. The molecule has 4 rings (SSSR count). The maximum absolute atomic E-state index is 13.3. The molecule has 5 heteroatoms. The van der Waals surface area contributed by atoms with E-state index in [1.54, 1.807) is 12.2 Å². The number of ketones is 3. The van der Waals surface area contributed by atoms with Gasteiger partial charge in [0.1, 0.15) is 18.0 Å². The predicted molar refractivity (Wildman–Crippen MR) is 94.0 cm³/mol. The van der Waals surface area contributed by atoms with E-state index in [1.165, 1.54) is 0 Å². The maximum Gasteiger partial charge on any atom is 0.190 e. The Kier molecular flexibility index (Phi) is 3.74. The zero-order valence-corrected chi connectivity index (χ0v) is 15.3. The van der Waals surface area contributed by atoms with Gasteiger partial charge in [-0.25, -0.2) is 0 Å². The number of Topliss-reactive ketones (excluding diaryl/α,β-unsaturated/α-hetero) is 2. The molecule has 140 valence electrons. The monoisotopic (exact) mass is 358 g/mol. The fraction of sp³-hybridized carbons (Fsp3) is 0.667. The Bertz CT molecular complexity index is 764. The molecule has 4 aliphatic carbocycles. The van der Waals surface area contributed by atoms with E-state index < -0.39 is 28.8 Å². The predicted octanol–water partition coefficient (Wildman–Crippen LogP) is 1.77. The van der Waals surface area contributed by atoms with Crippen LogP contribution < -0.4 is 0 Å². The number of hydrogen-bond acceptors (Lipinski definition) is 5. The first-order chi connectivity index (χ1) is 12.2. The van der Waals surface area contributed by atoms with Crippen molar-refractivity contribution >= 4 is 17.3 Å². The van der Waals surface area contributed by atoms with Crippen molar-refractivity contribution < 1.29 is 24.6 Å². The van der Waals surface area contributed by atoms with Crippen LogP contribution in [0, 0.1) is 28.6 Å². The second-order valence-electron chi connectivity index (χ2n) is 9.02. The fourth-order valence-electron chi connectivity index (χ4n) is 6.62. The number of carbonyl (C=O) groups is 3. The van der Waals surface area contributed by atoms with Crippen LogP contribution in [0.1, 0.15) is 46.0 Å². The van der Waals surface area contributed by atoms with E-state index in [-0.39, 0.29) is 35.7 Å². The highest BCUT2D eigenvalue weighted by molar-refractivity contribution is 6.02. The quantitative estimate of drug-likeness (QED) is 0.785. The van der Waals surface area contributed by atoms with E-state index in [4.69, 9.17) is 0 Å². The highest BCUT2D eigenvalue weighted by atomic mass is 16.3. The molecule has 0 saturated heterocycles. The maximum atomic E-state index is 13.3. The van der Waals surface area contributed by atoms with E-state index in [0.717, 1.165) is 18.4 Å². The SMILES string of the molecule is C[C@]12C=CC(=O)C=C1CC[C@@H]1[C@H]2C(=O)C[C@@]2(C)[C@@H]1CC[C@]2(O)C(=O)CO. The van der Waals surface area contributed by atoms with Crippen molar-refractivity contribution in [3.63, 3.8) is 0 Å². The van der Waals surface area contributed by atoms with Gasteiger partial charge in [-0.1, -0.05) is 25.5 Å². The van der Waals surface area contributed by atoms with Gasteiger partial charge in [-0.05, 0) is 49.7 Å². The molecular formula is C21H26O5. The van der Waals surface area contributed by atoms with E-state index >= 15 is 0 Å². The summed E-state index contributed by atoms with van der Waals surface area (Å²) in [6.07, 6.45) is 7.82. The van der Waals surface area contributed by atoms with E-state index in [1.807, 2.05) is 19.9 Å². The third kappa shape index (κ3) is 2.01. The second-order valence-corrected chi connectivity index (χ2v) is 9.02. The van der Waals surface area contributed by atoms with Gasteiger partial charge in [-0.15, -0.1) is 0 Å². The van der Waals surface area contributed by atoms with Crippen LogP contribution in [0.4, 0.5) is 0 Å². The van der Waals surface area contributed by atoms with Gasteiger partial charge in [0.25, 0.3) is 0 Å². The summed E-state index contributed by atoms with van der Waals surface area (Å²) in [7, 11) is 0. The normalized spacial score (nSPS) is 47.1. The van der Waals surface area contributed by atoms with Crippen LogP contribution in [0.3, 0.4) is 0 Å². The minimum Gasteiger partial charge on any atom is -0.388 e. The molecule has 0 spiro atoms. The summed E-state index contributed by atoms with van der Waals surface area (Å²) in [4.78, 5) is 37.4. The third-order valence-electron chi connectivity index (χ3n) is 8.01. The smallest absolute Gasteiger partial charge is 0.190 e. The van der Waals surface area contributed by atoms with Gasteiger partial charge in [0.2, 0.25) is 0 Å². The van der Waals surface area contributed by atoms with Crippen LogP contribution in [0.15, 0.2) is 23.8 Å². The van der Waals surface area contributed by atoms with Crippen LogP contribution in [0.5, 0.6) is 0 Å².